The number of piperidine rings is 1. The molecule has 0 N–H and O–H groups in total. The largest absolute Gasteiger partial charge is 0.342 e. The van der Waals surface area contributed by atoms with Crippen LogP contribution in [-0.4, -0.2) is 43.4 Å². The summed E-state index contributed by atoms with van der Waals surface area (Å²) in [6.07, 6.45) is 9.47. The van der Waals surface area contributed by atoms with Crippen molar-refractivity contribution in [1.29, 1.82) is 0 Å². The van der Waals surface area contributed by atoms with Crippen LogP contribution >= 0.6 is 0 Å². The summed E-state index contributed by atoms with van der Waals surface area (Å²) in [5.41, 5.74) is 4.90. The molecule has 1 saturated carbocycles. The molecule has 6 heteroatoms. The fourth-order valence-electron chi connectivity index (χ4n) is 4.22. The second-order valence-corrected chi connectivity index (χ2v) is 8.49. The second-order valence-electron chi connectivity index (χ2n) is 8.49. The molecular formula is C22H25N5O. The Morgan fingerprint density at radius 3 is 2.71 bits per heavy atom. The van der Waals surface area contributed by atoms with Gasteiger partial charge < -0.3 is 9.47 Å². The molecule has 0 bridgehead atoms. The van der Waals surface area contributed by atoms with E-state index in [9.17, 15) is 4.79 Å². The van der Waals surface area contributed by atoms with Gasteiger partial charge in [0.25, 0.3) is 0 Å². The third-order valence-electron chi connectivity index (χ3n) is 6.38. The average molecular weight is 375 g/mol. The number of imidazole rings is 1. The van der Waals surface area contributed by atoms with E-state index in [1.165, 1.54) is 0 Å². The fraction of sp³-hybridized carbons (Fsp3) is 0.455. The summed E-state index contributed by atoms with van der Waals surface area (Å²) in [7, 11) is 2.02. The zero-order valence-electron chi connectivity index (χ0n) is 16.4. The number of aryl methyl sites for hydroxylation is 1. The molecule has 6 nitrogen and oxygen atoms in total. The van der Waals surface area contributed by atoms with Gasteiger partial charge in [0.2, 0.25) is 5.91 Å². The molecule has 0 atom stereocenters. The molecule has 0 spiro atoms. The van der Waals surface area contributed by atoms with Crippen molar-refractivity contribution in [2.24, 2.45) is 12.5 Å². The highest BCUT2D eigenvalue weighted by Gasteiger charge is 2.47. The molecule has 2 fully saturated rings. The molecule has 1 saturated heterocycles. The number of fused-ring (bicyclic) bond motifs is 1. The minimum Gasteiger partial charge on any atom is -0.342 e. The maximum atomic E-state index is 12.6. The van der Waals surface area contributed by atoms with Crippen LogP contribution in [0.15, 0.2) is 36.9 Å². The predicted molar refractivity (Wildman–Crippen MR) is 108 cm³/mol. The average Bonchev–Trinajstić information content (AvgIpc) is 3.39. The Bertz CT molecular complexity index is 1030. The Balaban J connectivity index is 1.45. The van der Waals surface area contributed by atoms with Crippen LogP contribution in [0.3, 0.4) is 0 Å². The van der Waals surface area contributed by atoms with Crippen LogP contribution in [0.2, 0.25) is 0 Å². The van der Waals surface area contributed by atoms with E-state index < -0.39 is 0 Å². The van der Waals surface area contributed by atoms with Crippen LogP contribution in [0, 0.1) is 5.41 Å². The van der Waals surface area contributed by atoms with Gasteiger partial charge in [-0.1, -0.05) is 6.92 Å². The number of rotatable bonds is 3. The molecule has 3 aromatic rings. The van der Waals surface area contributed by atoms with Gasteiger partial charge in [0, 0.05) is 55.1 Å². The minimum atomic E-state index is -0.0772. The van der Waals surface area contributed by atoms with Crippen LogP contribution in [0.5, 0.6) is 0 Å². The molecule has 1 aliphatic carbocycles. The van der Waals surface area contributed by atoms with E-state index >= 15 is 0 Å². The van der Waals surface area contributed by atoms with Crippen molar-refractivity contribution in [2.75, 3.05) is 13.1 Å². The normalized spacial score (nSPS) is 19.1. The zero-order valence-corrected chi connectivity index (χ0v) is 16.4. The Morgan fingerprint density at radius 2 is 2.04 bits per heavy atom. The summed E-state index contributed by atoms with van der Waals surface area (Å²) < 4.78 is 2.05. The summed E-state index contributed by atoms with van der Waals surface area (Å²) in [4.78, 5) is 28.6. The number of carbonyl (C=O) groups is 1. The number of amides is 1. The molecule has 1 amide bonds. The molecule has 5 rings (SSSR count). The molecule has 4 heterocycles. The summed E-state index contributed by atoms with van der Waals surface area (Å²) in [6, 6.07) is 6.14. The fourth-order valence-corrected chi connectivity index (χ4v) is 4.22. The van der Waals surface area contributed by atoms with E-state index in [4.69, 9.17) is 4.98 Å². The highest BCUT2D eigenvalue weighted by molar-refractivity contribution is 5.90. The lowest BCUT2D eigenvalue weighted by Crippen LogP contribution is -2.41. The second kappa shape index (κ2) is 6.40. The number of nitrogens with zero attached hydrogens (tertiary/aromatic N) is 5. The van der Waals surface area contributed by atoms with Crippen molar-refractivity contribution in [3.63, 3.8) is 0 Å². The first-order valence-electron chi connectivity index (χ1n) is 10.1. The number of pyridine rings is 2. The highest BCUT2D eigenvalue weighted by atomic mass is 16.2. The third kappa shape index (κ3) is 2.87. The lowest BCUT2D eigenvalue weighted by Gasteiger charge is -2.33. The number of likely N-dealkylation sites (tertiary alicyclic amines) is 1. The van der Waals surface area contributed by atoms with E-state index in [1.807, 2.05) is 36.3 Å². The summed E-state index contributed by atoms with van der Waals surface area (Å²) in [5.74, 6) is 0.711. The molecule has 28 heavy (non-hydrogen) atoms. The van der Waals surface area contributed by atoms with Gasteiger partial charge in [0.15, 0.2) is 0 Å². The third-order valence-corrected chi connectivity index (χ3v) is 6.38. The molecule has 0 unspecified atom stereocenters. The first-order valence-corrected chi connectivity index (χ1v) is 10.1. The lowest BCUT2D eigenvalue weighted by atomic mass is 9.91. The SMILES string of the molecule is Cn1cnc2c(-c3cccnc3)nc(C3CCN(C(=O)C4(C)CC4)CC3)cc21. The molecular weight excluding hydrogens is 350 g/mol. The number of hydrogen-bond acceptors (Lipinski definition) is 4. The molecule has 2 aliphatic rings. The standard InChI is InChI=1S/C22H25N5O/c1-22(7-8-22)21(28)27-10-5-15(6-11-27)17-12-18-20(24-14-26(18)2)19(25-17)16-4-3-9-23-13-16/h3-4,9,12-15H,5-8,10-11H2,1-2H3. The highest BCUT2D eigenvalue weighted by Crippen LogP contribution is 2.47. The Labute approximate surface area is 164 Å². The van der Waals surface area contributed by atoms with E-state index in [0.29, 0.717) is 11.8 Å². The van der Waals surface area contributed by atoms with Gasteiger partial charge in [-0.05, 0) is 43.9 Å². The van der Waals surface area contributed by atoms with Gasteiger partial charge >= 0.3 is 0 Å². The Morgan fingerprint density at radius 1 is 1.25 bits per heavy atom. The van der Waals surface area contributed by atoms with Crippen LogP contribution in [0.1, 0.15) is 44.2 Å². The summed E-state index contributed by atoms with van der Waals surface area (Å²) >= 11 is 0. The summed E-state index contributed by atoms with van der Waals surface area (Å²) in [5, 5.41) is 0. The van der Waals surface area contributed by atoms with Crippen molar-refractivity contribution in [1.82, 2.24) is 24.4 Å². The predicted octanol–water partition coefficient (Wildman–Crippen LogP) is 3.54. The van der Waals surface area contributed by atoms with Crippen LogP contribution in [0.4, 0.5) is 0 Å². The van der Waals surface area contributed by atoms with Gasteiger partial charge in [-0.3, -0.25) is 14.8 Å². The van der Waals surface area contributed by atoms with Crippen molar-refractivity contribution in [2.45, 2.75) is 38.5 Å². The smallest absolute Gasteiger partial charge is 0.228 e. The van der Waals surface area contributed by atoms with Gasteiger partial charge in [0.05, 0.1) is 17.5 Å². The van der Waals surface area contributed by atoms with Crippen molar-refractivity contribution in [3.8, 4) is 11.3 Å². The molecule has 0 radical (unpaired) electrons. The quantitative estimate of drug-likeness (QED) is 0.702. The first-order chi connectivity index (χ1) is 13.5. The molecule has 144 valence electrons. The van der Waals surface area contributed by atoms with Crippen molar-refractivity contribution >= 4 is 16.9 Å². The van der Waals surface area contributed by atoms with E-state index in [2.05, 4.69) is 27.9 Å². The molecule has 0 aromatic carbocycles. The molecule has 1 aliphatic heterocycles. The van der Waals surface area contributed by atoms with Crippen LogP contribution in [0.25, 0.3) is 22.3 Å². The zero-order chi connectivity index (χ0) is 19.3. The number of aromatic nitrogens is 4. The van der Waals surface area contributed by atoms with Crippen LogP contribution in [-0.2, 0) is 11.8 Å². The monoisotopic (exact) mass is 375 g/mol. The van der Waals surface area contributed by atoms with Crippen LogP contribution < -0.4 is 0 Å². The van der Waals surface area contributed by atoms with Gasteiger partial charge in [-0.25, -0.2) is 4.98 Å². The topological polar surface area (TPSA) is 63.9 Å². The molecule has 3 aromatic heterocycles. The van der Waals surface area contributed by atoms with E-state index in [-0.39, 0.29) is 5.41 Å². The first kappa shape index (κ1) is 17.3. The van der Waals surface area contributed by atoms with Gasteiger partial charge in [-0.15, -0.1) is 0 Å². The van der Waals surface area contributed by atoms with Crippen molar-refractivity contribution < 1.29 is 4.79 Å². The minimum absolute atomic E-state index is 0.0772. The van der Waals surface area contributed by atoms with E-state index in [1.54, 1.807) is 6.20 Å². The Hall–Kier alpha value is -2.76. The summed E-state index contributed by atoms with van der Waals surface area (Å²) in [6.45, 7) is 3.75. The number of carbonyl (C=O) groups excluding carboxylic acids is 1. The lowest BCUT2D eigenvalue weighted by molar-refractivity contribution is -0.137. The Kier molecular flexibility index (Phi) is 3.96. The van der Waals surface area contributed by atoms with Crippen molar-refractivity contribution in [3.05, 3.63) is 42.6 Å². The van der Waals surface area contributed by atoms with Gasteiger partial charge in [-0.2, -0.15) is 0 Å². The maximum absolute atomic E-state index is 12.6. The van der Waals surface area contributed by atoms with E-state index in [0.717, 1.165) is 66.8 Å². The maximum Gasteiger partial charge on any atom is 0.228 e. The number of hydrogen-bond donors (Lipinski definition) is 0. The van der Waals surface area contributed by atoms with Gasteiger partial charge in [0.1, 0.15) is 5.52 Å².